The Balaban J connectivity index is 1.52. The van der Waals surface area contributed by atoms with Crippen LogP contribution in [0, 0.1) is 12.7 Å². The van der Waals surface area contributed by atoms with E-state index in [2.05, 4.69) is 10.3 Å². The summed E-state index contributed by atoms with van der Waals surface area (Å²) >= 11 is 0. The molecular weight excluding hydrogens is 445 g/mol. The number of anilines is 1. The molecule has 1 heterocycles. The summed E-state index contributed by atoms with van der Waals surface area (Å²) in [5, 5.41) is 3.56. The molecule has 0 aliphatic rings. The van der Waals surface area contributed by atoms with Crippen LogP contribution < -0.4 is 15.0 Å². The second-order valence-electron chi connectivity index (χ2n) is 8.20. The van der Waals surface area contributed by atoms with Crippen LogP contribution in [0.5, 0.6) is 11.5 Å². The smallest absolute Gasteiger partial charge is 0.251 e. The molecule has 0 bridgehead atoms. The van der Waals surface area contributed by atoms with E-state index < -0.39 is 0 Å². The topological polar surface area (TPSA) is 71.5 Å². The number of nitrogens with one attached hydrogen (secondary N) is 1. The van der Waals surface area contributed by atoms with Crippen LogP contribution in [0.15, 0.2) is 72.9 Å². The first-order valence-corrected chi connectivity index (χ1v) is 11.3. The molecule has 3 aromatic carbocycles. The zero-order valence-corrected chi connectivity index (χ0v) is 19.8. The number of nitrogens with zero attached hydrogens (tertiary/aromatic N) is 2. The average molecular weight is 472 g/mol. The summed E-state index contributed by atoms with van der Waals surface area (Å²) in [5.41, 5.74) is 3.60. The van der Waals surface area contributed by atoms with Crippen LogP contribution in [0.1, 0.15) is 28.4 Å². The fourth-order valence-electron chi connectivity index (χ4n) is 3.77. The van der Waals surface area contributed by atoms with Crippen molar-refractivity contribution < 1.29 is 18.7 Å². The highest BCUT2D eigenvalue weighted by atomic mass is 19.1. The molecule has 4 aromatic rings. The van der Waals surface area contributed by atoms with Gasteiger partial charge in [-0.25, -0.2) is 4.39 Å². The summed E-state index contributed by atoms with van der Waals surface area (Å²) < 4.78 is 19.2. The van der Waals surface area contributed by atoms with Crippen molar-refractivity contribution in [2.45, 2.75) is 20.3 Å². The summed E-state index contributed by atoms with van der Waals surface area (Å²) in [6, 6.07) is 18.5. The number of halogens is 1. The molecule has 0 aliphatic heterocycles. The van der Waals surface area contributed by atoms with Gasteiger partial charge >= 0.3 is 0 Å². The highest BCUT2D eigenvalue weighted by molar-refractivity contribution is 6.00. The quantitative estimate of drug-likeness (QED) is 0.390. The standard InChI is InChI=1S/C28H26FN3O3/c1-4-30-28(34)23-17-24-25(15-18(23)2)31-14-13-26(24)35-22-11-9-21(10-12-22)32(3)27(33)16-19-5-7-20(29)8-6-19/h5-15,17H,4,16H2,1-3H3,(H,30,34). The van der Waals surface area contributed by atoms with Gasteiger partial charge in [-0.1, -0.05) is 12.1 Å². The minimum absolute atomic E-state index is 0.112. The Hall–Kier alpha value is -4.26. The normalized spacial score (nSPS) is 10.7. The number of likely N-dealkylation sites (N-methyl/N-ethyl adjacent to an activating group) is 1. The number of carbonyl (C=O) groups excluding carboxylic acids is 2. The van der Waals surface area contributed by atoms with E-state index in [4.69, 9.17) is 4.74 Å². The molecule has 0 aliphatic carbocycles. The van der Waals surface area contributed by atoms with E-state index in [-0.39, 0.29) is 24.1 Å². The summed E-state index contributed by atoms with van der Waals surface area (Å²) in [7, 11) is 1.70. The lowest BCUT2D eigenvalue weighted by Gasteiger charge is -2.18. The number of ether oxygens (including phenoxy) is 1. The van der Waals surface area contributed by atoms with Crippen molar-refractivity contribution in [2.24, 2.45) is 0 Å². The van der Waals surface area contributed by atoms with Gasteiger partial charge in [-0.15, -0.1) is 0 Å². The second-order valence-corrected chi connectivity index (χ2v) is 8.20. The van der Waals surface area contributed by atoms with E-state index in [1.54, 1.807) is 66.7 Å². The van der Waals surface area contributed by atoms with Gasteiger partial charge in [0, 0.05) is 36.4 Å². The van der Waals surface area contributed by atoms with Gasteiger partial charge in [0.2, 0.25) is 5.91 Å². The maximum atomic E-state index is 13.1. The van der Waals surface area contributed by atoms with E-state index in [1.165, 1.54) is 12.1 Å². The summed E-state index contributed by atoms with van der Waals surface area (Å²) in [4.78, 5) is 31.0. The van der Waals surface area contributed by atoms with Gasteiger partial charge in [0.05, 0.1) is 11.9 Å². The van der Waals surface area contributed by atoms with Crippen LogP contribution in [0.25, 0.3) is 10.9 Å². The SMILES string of the molecule is CCNC(=O)c1cc2c(Oc3ccc(N(C)C(=O)Cc4ccc(F)cc4)cc3)ccnc2cc1C. The number of aromatic nitrogens is 1. The predicted octanol–water partition coefficient (Wildman–Crippen LogP) is 5.43. The Morgan fingerprint density at radius 2 is 1.74 bits per heavy atom. The van der Waals surface area contributed by atoms with Gasteiger partial charge in [-0.3, -0.25) is 14.6 Å². The van der Waals surface area contributed by atoms with Gasteiger partial charge in [0.1, 0.15) is 17.3 Å². The summed E-state index contributed by atoms with van der Waals surface area (Å²) in [5.74, 6) is 0.579. The molecule has 0 atom stereocenters. The van der Waals surface area contributed by atoms with Crippen molar-refractivity contribution in [1.29, 1.82) is 0 Å². The molecular formula is C28H26FN3O3. The van der Waals surface area contributed by atoms with Crippen molar-refractivity contribution in [3.05, 3.63) is 95.4 Å². The number of aryl methyl sites for hydroxylation is 1. The van der Waals surface area contributed by atoms with Gasteiger partial charge < -0.3 is 15.0 Å². The Morgan fingerprint density at radius 3 is 2.43 bits per heavy atom. The molecule has 0 saturated carbocycles. The molecule has 1 aromatic heterocycles. The fraction of sp³-hybridized carbons (Fsp3) is 0.179. The first-order chi connectivity index (χ1) is 16.9. The molecule has 0 unspecified atom stereocenters. The van der Waals surface area contributed by atoms with Crippen LogP contribution >= 0.6 is 0 Å². The van der Waals surface area contributed by atoms with Crippen LogP contribution in [0.2, 0.25) is 0 Å². The van der Waals surface area contributed by atoms with Crippen LogP contribution in [-0.4, -0.2) is 30.4 Å². The molecule has 2 amide bonds. The molecule has 7 heteroatoms. The third kappa shape index (κ3) is 5.46. The van der Waals surface area contributed by atoms with Crippen LogP contribution in [0.4, 0.5) is 10.1 Å². The number of carbonyl (C=O) groups is 2. The lowest BCUT2D eigenvalue weighted by atomic mass is 10.0. The maximum absolute atomic E-state index is 13.1. The zero-order chi connectivity index (χ0) is 24.9. The molecule has 35 heavy (non-hydrogen) atoms. The average Bonchev–Trinajstić information content (AvgIpc) is 2.85. The van der Waals surface area contributed by atoms with E-state index >= 15 is 0 Å². The lowest BCUT2D eigenvalue weighted by molar-refractivity contribution is -0.117. The van der Waals surface area contributed by atoms with E-state index in [9.17, 15) is 14.0 Å². The Labute approximate surface area is 203 Å². The molecule has 0 saturated heterocycles. The number of benzene rings is 3. The molecule has 0 fully saturated rings. The predicted molar refractivity (Wildman–Crippen MR) is 135 cm³/mol. The molecule has 0 radical (unpaired) electrons. The maximum Gasteiger partial charge on any atom is 0.251 e. The number of pyridine rings is 1. The van der Waals surface area contributed by atoms with Crippen molar-refractivity contribution in [3.8, 4) is 11.5 Å². The molecule has 1 N–H and O–H groups in total. The molecule has 4 rings (SSSR count). The van der Waals surface area contributed by atoms with Gasteiger partial charge in [-0.2, -0.15) is 0 Å². The fourth-order valence-corrected chi connectivity index (χ4v) is 3.77. The third-order valence-electron chi connectivity index (χ3n) is 5.72. The van der Waals surface area contributed by atoms with Gasteiger partial charge in [0.15, 0.2) is 0 Å². The number of hydrogen-bond donors (Lipinski definition) is 1. The van der Waals surface area contributed by atoms with Crippen molar-refractivity contribution in [3.63, 3.8) is 0 Å². The highest BCUT2D eigenvalue weighted by Crippen LogP contribution is 2.31. The Morgan fingerprint density at radius 1 is 1.03 bits per heavy atom. The lowest BCUT2D eigenvalue weighted by Crippen LogP contribution is -2.27. The second kappa shape index (κ2) is 10.3. The van der Waals surface area contributed by atoms with E-state index in [0.717, 1.165) is 22.0 Å². The number of rotatable bonds is 7. The minimum atomic E-state index is -0.331. The Bertz CT molecular complexity index is 1370. The Kier molecular flexibility index (Phi) is 7.06. The van der Waals surface area contributed by atoms with Crippen LogP contribution in [-0.2, 0) is 11.2 Å². The number of fused-ring (bicyclic) bond motifs is 1. The molecule has 178 valence electrons. The summed E-state index contributed by atoms with van der Waals surface area (Å²) in [6.07, 6.45) is 1.84. The largest absolute Gasteiger partial charge is 0.457 e. The molecule has 6 nitrogen and oxygen atoms in total. The van der Waals surface area contributed by atoms with E-state index in [1.807, 2.05) is 19.9 Å². The van der Waals surface area contributed by atoms with Crippen molar-refractivity contribution >= 4 is 28.4 Å². The molecule has 0 spiro atoms. The van der Waals surface area contributed by atoms with E-state index in [0.29, 0.717) is 29.3 Å². The number of amides is 2. The number of hydrogen-bond acceptors (Lipinski definition) is 4. The minimum Gasteiger partial charge on any atom is -0.457 e. The summed E-state index contributed by atoms with van der Waals surface area (Å²) in [6.45, 7) is 4.30. The first-order valence-electron chi connectivity index (χ1n) is 11.3. The van der Waals surface area contributed by atoms with Crippen LogP contribution in [0.3, 0.4) is 0 Å². The monoisotopic (exact) mass is 471 g/mol. The van der Waals surface area contributed by atoms with Crippen molar-refractivity contribution in [2.75, 3.05) is 18.5 Å². The first kappa shape index (κ1) is 23.9. The van der Waals surface area contributed by atoms with Gasteiger partial charge in [0.25, 0.3) is 5.91 Å². The van der Waals surface area contributed by atoms with Crippen molar-refractivity contribution in [1.82, 2.24) is 10.3 Å². The zero-order valence-electron chi connectivity index (χ0n) is 19.8. The van der Waals surface area contributed by atoms with Gasteiger partial charge in [-0.05, 0) is 79.6 Å². The third-order valence-corrected chi connectivity index (χ3v) is 5.72. The highest BCUT2D eigenvalue weighted by Gasteiger charge is 2.15.